The van der Waals surface area contributed by atoms with Gasteiger partial charge >= 0.3 is 6.03 Å². The number of rotatable bonds is 3. The third-order valence-corrected chi connectivity index (χ3v) is 4.63. The minimum Gasteiger partial charge on any atom is -0.324 e. The van der Waals surface area contributed by atoms with E-state index in [2.05, 4.69) is 5.32 Å². The highest BCUT2D eigenvalue weighted by molar-refractivity contribution is 6.30. The van der Waals surface area contributed by atoms with Gasteiger partial charge in [-0.05, 0) is 61.4 Å². The van der Waals surface area contributed by atoms with Gasteiger partial charge in [-0.1, -0.05) is 11.6 Å². The van der Waals surface area contributed by atoms with Crippen LogP contribution in [0, 0.1) is 11.7 Å². The summed E-state index contributed by atoms with van der Waals surface area (Å²) in [7, 11) is 0. The van der Waals surface area contributed by atoms with Gasteiger partial charge in [0.15, 0.2) is 5.78 Å². The molecular weight excluding hydrogens is 343 g/mol. The number of hydrogen-bond donors (Lipinski definition) is 1. The van der Waals surface area contributed by atoms with E-state index in [0.29, 0.717) is 42.2 Å². The number of anilines is 1. The predicted molar refractivity (Wildman–Crippen MR) is 95.5 cm³/mol. The molecule has 0 atom stereocenters. The number of carbonyl (C=O) groups is 2. The van der Waals surface area contributed by atoms with Gasteiger partial charge < -0.3 is 10.2 Å². The van der Waals surface area contributed by atoms with Crippen molar-refractivity contribution in [1.29, 1.82) is 0 Å². The molecule has 0 unspecified atom stereocenters. The maximum absolute atomic E-state index is 12.9. The van der Waals surface area contributed by atoms with Crippen molar-refractivity contribution < 1.29 is 14.0 Å². The van der Waals surface area contributed by atoms with Gasteiger partial charge in [-0.25, -0.2) is 9.18 Å². The number of piperidine rings is 1. The highest BCUT2D eigenvalue weighted by Gasteiger charge is 2.28. The molecule has 0 bridgehead atoms. The minimum absolute atomic E-state index is 0.0870. The summed E-state index contributed by atoms with van der Waals surface area (Å²) in [6, 6.07) is 12.3. The van der Waals surface area contributed by atoms with Gasteiger partial charge in [0.2, 0.25) is 0 Å². The van der Waals surface area contributed by atoms with Crippen LogP contribution in [0.1, 0.15) is 23.2 Å². The maximum Gasteiger partial charge on any atom is 0.321 e. The summed E-state index contributed by atoms with van der Waals surface area (Å²) < 4.78 is 12.9. The van der Waals surface area contributed by atoms with Crippen molar-refractivity contribution in [2.45, 2.75) is 12.8 Å². The van der Waals surface area contributed by atoms with Crippen LogP contribution < -0.4 is 5.32 Å². The summed E-state index contributed by atoms with van der Waals surface area (Å²) in [6.07, 6.45) is 1.25. The third-order valence-electron chi connectivity index (χ3n) is 4.38. The van der Waals surface area contributed by atoms with Gasteiger partial charge in [0.05, 0.1) is 0 Å². The van der Waals surface area contributed by atoms with Gasteiger partial charge in [0, 0.05) is 35.3 Å². The van der Waals surface area contributed by atoms with Crippen LogP contribution >= 0.6 is 11.6 Å². The number of halogens is 2. The summed E-state index contributed by atoms with van der Waals surface area (Å²) in [5.74, 6) is -0.342. The van der Waals surface area contributed by atoms with Gasteiger partial charge in [0.25, 0.3) is 0 Å². The van der Waals surface area contributed by atoms with Crippen LogP contribution in [0.4, 0.5) is 14.9 Å². The van der Waals surface area contributed by atoms with Gasteiger partial charge in [-0.15, -0.1) is 0 Å². The number of nitrogens with zero attached hydrogens (tertiary/aromatic N) is 1. The molecule has 2 amide bonds. The maximum atomic E-state index is 12.9. The quantitative estimate of drug-likeness (QED) is 0.813. The van der Waals surface area contributed by atoms with E-state index in [0.717, 1.165) is 0 Å². The number of benzene rings is 2. The Bertz CT molecular complexity index is 754. The van der Waals surface area contributed by atoms with Crippen molar-refractivity contribution in [3.63, 3.8) is 0 Å². The molecule has 1 aliphatic heterocycles. The lowest BCUT2D eigenvalue weighted by Gasteiger charge is -2.31. The molecule has 0 saturated carbocycles. The van der Waals surface area contributed by atoms with E-state index >= 15 is 0 Å². The molecule has 4 nitrogen and oxygen atoms in total. The fourth-order valence-electron chi connectivity index (χ4n) is 2.93. The van der Waals surface area contributed by atoms with Crippen molar-refractivity contribution in [1.82, 2.24) is 4.90 Å². The lowest BCUT2D eigenvalue weighted by Crippen LogP contribution is -2.42. The summed E-state index contributed by atoms with van der Waals surface area (Å²) in [6.45, 7) is 1.02. The van der Waals surface area contributed by atoms with Crippen LogP contribution in [-0.4, -0.2) is 29.8 Å². The van der Waals surface area contributed by atoms with Crippen LogP contribution in [0.2, 0.25) is 5.02 Å². The lowest BCUT2D eigenvalue weighted by molar-refractivity contribution is 0.0859. The zero-order valence-electron chi connectivity index (χ0n) is 13.5. The SMILES string of the molecule is O=C(c1ccc(Cl)cc1)C1CCN(C(=O)Nc2ccc(F)cc2)CC1. The standard InChI is InChI=1S/C19H18ClFN2O2/c20-15-3-1-13(2-4-15)18(24)14-9-11-23(12-10-14)19(25)22-17-7-5-16(21)6-8-17/h1-8,14H,9-12H2,(H,22,25). The Kier molecular flexibility index (Phi) is 5.34. The Morgan fingerprint density at radius 3 is 2.20 bits per heavy atom. The molecule has 0 spiro atoms. The number of amides is 2. The predicted octanol–water partition coefficient (Wildman–Crippen LogP) is 4.61. The number of carbonyl (C=O) groups excluding carboxylic acids is 2. The third kappa shape index (κ3) is 4.37. The van der Waals surface area contributed by atoms with Crippen molar-refractivity contribution in [3.05, 3.63) is 64.9 Å². The molecule has 0 radical (unpaired) electrons. The first-order valence-electron chi connectivity index (χ1n) is 8.14. The number of ketones is 1. The molecule has 1 heterocycles. The second-order valence-corrected chi connectivity index (χ2v) is 6.51. The molecule has 1 saturated heterocycles. The lowest BCUT2D eigenvalue weighted by atomic mass is 9.89. The van der Waals surface area contributed by atoms with Crippen molar-refractivity contribution in [2.75, 3.05) is 18.4 Å². The Morgan fingerprint density at radius 2 is 1.60 bits per heavy atom. The van der Waals surface area contributed by atoms with Crippen LogP contribution in [0.3, 0.4) is 0 Å². The summed E-state index contributed by atoms with van der Waals surface area (Å²) >= 11 is 5.85. The van der Waals surface area contributed by atoms with E-state index in [1.54, 1.807) is 29.2 Å². The second kappa shape index (κ2) is 7.66. The average Bonchev–Trinajstić information content (AvgIpc) is 2.64. The van der Waals surface area contributed by atoms with E-state index < -0.39 is 0 Å². The zero-order chi connectivity index (χ0) is 17.8. The first-order valence-corrected chi connectivity index (χ1v) is 8.52. The molecule has 130 valence electrons. The topological polar surface area (TPSA) is 49.4 Å². The van der Waals surface area contributed by atoms with Crippen LogP contribution in [0.25, 0.3) is 0 Å². The molecule has 25 heavy (non-hydrogen) atoms. The normalized spacial score (nSPS) is 15.0. The minimum atomic E-state index is -0.348. The Hall–Kier alpha value is -2.40. The van der Waals surface area contributed by atoms with E-state index in [4.69, 9.17) is 11.6 Å². The number of Topliss-reactive ketones (excluding diaryl/α,β-unsaturated/α-hetero) is 1. The van der Waals surface area contributed by atoms with Crippen molar-refractivity contribution >= 4 is 29.1 Å². The Labute approximate surface area is 150 Å². The van der Waals surface area contributed by atoms with E-state index in [9.17, 15) is 14.0 Å². The van der Waals surface area contributed by atoms with Gasteiger partial charge in [-0.2, -0.15) is 0 Å². The highest BCUT2D eigenvalue weighted by Crippen LogP contribution is 2.23. The molecular formula is C19H18ClFN2O2. The largest absolute Gasteiger partial charge is 0.324 e. The molecule has 6 heteroatoms. The highest BCUT2D eigenvalue weighted by atomic mass is 35.5. The fourth-order valence-corrected chi connectivity index (χ4v) is 3.06. The Morgan fingerprint density at radius 1 is 1.00 bits per heavy atom. The first-order chi connectivity index (χ1) is 12.0. The number of urea groups is 1. The molecule has 0 aromatic heterocycles. The molecule has 1 fully saturated rings. The Balaban J connectivity index is 1.54. The smallest absolute Gasteiger partial charge is 0.321 e. The summed E-state index contributed by atoms with van der Waals surface area (Å²) in [5.41, 5.74) is 1.20. The number of likely N-dealkylation sites (tertiary alicyclic amines) is 1. The van der Waals surface area contributed by atoms with E-state index in [1.165, 1.54) is 24.3 Å². The molecule has 0 aliphatic carbocycles. The number of nitrogens with one attached hydrogen (secondary N) is 1. The monoisotopic (exact) mass is 360 g/mol. The van der Waals surface area contributed by atoms with Gasteiger partial charge in [-0.3, -0.25) is 4.79 Å². The molecule has 2 aromatic carbocycles. The van der Waals surface area contributed by atoms with Crippen LogP contribution in [0.5, 0.6) is 0 Å². The number of hydrogen-bond acceptors (Lipinski definition) is 2. The van der Waals surface area contributed by atoms with E-state index in [-0.39, 0.29) is 23.5 Å². The van der Waals surface area contributed by atoms with Crippen molar-refractivity contribution in [2.24, 2.45) is 5.92 Å². The molecule has 3 rings (SSSR count). The first kappa shape index (κ1) is 17.4. The van der Waals surface area contributed by atoms with Crippen LogP contribution in [-0.2, 0) is 0 Å². The van der Waals surface area contributed by atoms with Gasteiger partial charge in [0.1, 0.15) is 5.82 Å². The van der Waals surface area contributed by atoms with Crippen molar-refractivity contribution in [3.8, 4) is 0 Å². The summed E-state index contributed by atoms with van der Waals surface area (Å²) in [4.78, 5) is 26.4. The average molecular weight is 361 g/mol. The second-order valence-electron chi connectivity index (χ2n) is 6.07. The zero-order valence-corrected chi connectivity index (χ0v) is 14.3. The molecule has 1 N–H and O–H groups in total. The summed E-state index contributed by atoms with van der Waals surface area (Å²) in [5, 5.41) is 3.34. The fraction of sp³-hybridized carbons (Fsp3) is 0.263. The molecule has 2 aromatic rings. The van der Waals surface area contributed by atoms with Crippen LogP contribution in [0.15, 0.2) is 48.5 Å². The molecule has 1 aliphatic rings. The van der Waals surface area contributed by atoms with E-state index in [1.807, 2.05) is 0 Å².